The minimum atomic E-state index is -3.59. The average molecular weight is 365 g/mol. The summed E-state index contributed by atoms with van der Waals surface area (Å²) in [5, 5.41) is 3.79. The number of ether oxygens (including phenoxy) is 1. The van der Waals surface area contributed by atoms with Crippen molar-refractivity contribution in [3.63, 3.8) is 0 Å². The summed E-state index contributed by atoms with van der Waals surface area (Å²) in [6.07, 6.45) is 3.79. The lowest BCUT2D eigenvalue weighted by molar-refractivity contribution is 0.122. The summed E-state index contributed by atoms with van der Waals surface area (Å²) < 4.78 is 32.8. The number of hydrogen-bond donors (Lipinski definition) is 2. The third kappa shape index (κ3) is 4.15. The largest absolute Gasteiger partial charge is 0.383 e. The van der Waals surface area contributed by atoms with Gasteiger partial charge in [-0.15, -0.1) is 11.8 Å². The van der Waals surface area contributed by atoms with Gasteiger partial charge in [0.05, 0.1) is 22.1 Å². The van der Waals surface area contributed by atoms with E-state index in [-0.39, 0.29) is 10.4 Å². The highest BCUT2D eigenvalue weighted by atomic mass is 35.5. The summed E-state index contributed by atoms with van der Waals surface area (Å²) in [5.41, 5.74) is -0.329. The van der Waals surface area contributed by atoms with Gasteiger partial charge in [0.1, 0.15) is 0 Å². The molecule has 1 fully saturated rings. The molecule has 1 aliphatic heterocycles. The normalized spacial score (nSPS) is 22.1. The molecule has 0 saturated carbocycles. The maximum Gasteiger partial charge on any atom is 0.240 e. The van der Waals surface area contributed by atoms with Crippen molar-refractivity contribution in [1.29, 1.82) is 0 Å². The topological polar surface area (TPSA) is 67.4 Å². The van der Waals surface area contributed by atoms with E-state index in [9.17, 15) is 8.42 Å². The van der Waals surface area contributed by atoms with E-state index >= 15 is 0 Å². The molecule has 1 aliphatic rings. The van der Waals surface area contributed by atoms with Crippen LogP contribution in [0.4, 0.5) is 0 Å². The molecule has 1 aromatic carbocycles. The number of hydrogen-bond acceptors (Lipinski definition) is 5. The van der Waals surface area contributed by atoms with Crippen LogP contribution in [0, 0.1) is 0 Å². The van der Waals surface area contributed by atoms with Crippen LogP contribution in [0.3, 0.4) is 0 Å². The Kier molecular flexibility index (Phi) is 6.15. The van der Waals surface area contributed by atoms with E-state index in [1.54, 1.807) is 19.2 Å². The monoisotopic (exact) mass is 364 g/mol. The van der Waals surface area contributed by atoms with Gasteiger partial charge < -0.3 is 10.1 Å². The molecule has 0 spiro atoms. The molecule has 0 radical (unpaired) electrons. The van der Waals surface area contributed by atoms with E-state index in [2.05, 4.69) is 10.0 Å². The molecule has 1 atom stereocenters. The predicted octanol–water partition coefficient (Wildman–Crippen LogP) is 2.11. The SMILES string of the molecule is COCC1(CNS(=O)(=O)c2ccc(SC)c(Cl)c2)CCCN1. The van der Waals surface area contributed by atoms with Gasteiger partial charge >= 0.3 is 0 Å². The molecule has 0 aromatic heterocycles. The van der Waals surface area contributed by atoms with Crippen molar-refractivity contribution < 1.29 is 13.2 Å². The van der Waals surface area contributed by atoms with Gasteiger partial charge in [0.25, 0.3) is 0 Å². The van der Waals surface area contributed by atoms with Crippen LogP contribution < -0.4 is 10.0 Å². The van der Waals surface area contributed by atoms with Crippen LogP contribution in [-0.2, 0) is 14.8 Å². The van der Waals surface area contributed by atoms with E-state index < -0.39 is 10.0 Å². The highest BCUT2D eigenvalue weighted by Crippen LogP contribution is 2.28. The number of sulfonamides is 1. The van der Waals surface area contributed by atoms with Crippen LogP contribution in [-0.4, -0.2) is 47.0 Å². The zero-order valence-electron chi connectivity index (χ0n) is 12.7. The molecular formula is C14H21ClN2O3S2. The quantitative estimate of drug-likeness (QED) is 0.725. The second kappa shape index (κ2) is 7.51. The molecule has 8 heteroatoms. The zero-order valence-corrected chi connectivity index (χ0v) is 15.1. The Balaban J connectivity index is 2.12. The van der Waals surface area contributed by atoms with Crippen LogP contribution in [0.5, 0.6) is 0 Å². The smallest absolute Gasteiger partial charge is 0.240 e. The van der Waals surface area contributed by atoms with Crippen molar-refractivity contribution in [3.05, 3.63) is 23.2 Å². The minimum absolute atomic E-state index is 0.181. The molecule has 0 amide bonds. The molecule has 0 bridgehead atoms. The fourth-order valence-electron chi connectivity index (χ4n) is 2.60. The summed E-state index contributed by atoms with van der Waals surface area (Å²) in [6.45, 7) is 1.64. The van der Waals surface area contributed by atoms with Crippen LogP contribution in [0.25, 0.3) is 0 Å². The van der Waals surface area contributed by atoms with Crippen molar-refractivity contribution in [2.24, 2.45) is 0 Å². The molecule has 1 aromatic rings. The first-order chi connectivity index (χ1) is 10.4. The molecule has 1 unspecified atom stereocenters. The molecule has 22 heavy (non-hydrogen) atoms. The van der Waals surface area contributed by atoms with Crippen LogP contribution in [0.1, 0.15) is 12.8 Å². The second-order valence-corrected chi connectivity index (χ2v) is 8.39. The highest BCUT2D eigenvalue weighted by molar-refractivity contribution is 7.98. The third-order valence-corrected chi connectivity index (χ3v) is 6.41. The van der Waals surface area contributed by atoms with Crippen LogP contribution in [0.2, 0.25) is 5.02 Å². The first-order valence-electron chi connectivity index (χ1n) is 7.00. The fourth-order valence-corrected chi connectivity index (χ4v) is 4.69. The first-order valence-corrected chi connectivity index (χ1v) is 10.1. The van der Waals surface area contributed by atoms with Gasteiger partial charge in [-0.1, -0.05) is 11.6 Å². The molecule has 5 nitrogen and oxygen atoms in total. The molecular weight excluding hydrogens is 344 g/mol. The van der Waals surface area contributed by atoms with Crippen LogP contribution in [0.15, 0.2) is 28.0 Å². The Morgan fingerprint density at radius 1 is 1.50 bits per heavy atom. The Hall–Kier alpha value is -0.310. The van der Waals surface area contributed by atoms with E-state index in [1.165, 1.54) is 17.8 Å². The Labute approximate surface area is 141 Å². The summed E-state index contributed by atoms with van der Waals surface area (Å²) in [5.74, 6) is 0. The van der Waals surface area contributed by atoms with Crippen molar-refractivity contribution in [2.75, 3.05) is 33.1 Å². The van der Waals surface area contributed by atoms with Gasteiger partial charge in [-0.25, -0.2) is 13.1 Å². The number of nitrogens with one attached hydrogen (secondary N) is 2. The van der Waals surface area contributed by atoms with E-state index in [0.29, 0.717) is 18.2 Å². The number of rotatable bonds is 7. The molecule has 2 N–H and O–H groups in total. The average Bonchev–Trinajstić information content (AvgIpc) is 2.95. The van der Waals surface area contributed by atoms with Gasteiger partial charge in [0.2, 0.25) is 10.0 Å². The summed E-state index contributed by atoms with van der Waals surface area (Å²) in [6, 6.07) is 4.78. The first kappa shape index (κ1) is 18.0. The second-order valence-electron chi connectivity index (χ2n) is 5.36. The van der Waals surface area contributed by atoms with Crippen molar-refractivity contribution >= 4 is 33.4 Å². The molecule has 2 rings (SSSR count). The Morgan fingerprint density at radius 3 is 2.82 bits per heavy atom. The van der Waals surface area contributed by atoms with Crippen LogP contribution >= 0.6 is 23.4 Å². The maximum atomic E-state index is 12.4. The highest BCUT2D eigenvalue weighted by Gasteiger charge is 2.34. The molecule has 0 aliphatic carbocycles. The van der Waals surface area contributed by atoms with E-state index in [0.717, 1.165) is 24.3 Å². The van der Waals surface area contributed by atoms with Gasteiger partial charge in [-0.2, -0.15) is 0 Å². The minimum Gasteiger partial charge on any atom is -0.383 e. The van der Waals surface area contributed by atoms with E-state index in [1.807, 2.05) is 6.26 Å². The molecule has 1 heterocycles. The Morgan fingerprint density at radius 2 is 2.27 bits per heavy atom. The predicted molar refractivity (Wildman–Crippen MR) is 90.3 cm³/mol. The summed E-state index contributed by atoms with van der Waals surface area (Å²) in [4.78, 5) is 1.04. The lowest BCUT2D eigenvalue weighted by Gasteiger charge is -2.28. The standard InChI is InChI=1S/C14H21ClN2O3S2/c1-20-10-14(6-3-7-16-14)9-17-22(18,19)11-4-5-13(21-2)12(15)8-11/h4-5,8,16-17H,3,6-7,9-10H2,1-2H3. The van der Waals surface area contributed by atoms with Gasteiger partial charge in [0.15, 0.2) is 0 Å². The Bertz CT molecular complexity index is 617. The van der Waals surface area contributed by atoms with E-state index in [4.69, 9.17) is 16.3 Å². The van der Waals surface area contributed by atoms with Crippen molar-refractivity contribution in [2.45, 2.75) is 28.2 Å². The lowest BCUT2D eigenvalue weighted by Crippen LogP contribution is -2.52. The lowest BCUT2D eigenvalue weighted by atomic mass is 9.99. The van der Waals surface area contributed by atoms with Gasteiger partial charge in [-0.3, -0.25) is 0 Å². The molecule has 1 saturated heterocycles. The van der Waals surface area contributed by atoms with Gasteiger partial charge in [0, 0.05) is 18.6 Å². The molecule has 124 valence electrons. The number of methoxy groups -OCH3 is 1. The number of halogens is 1. The summed E-state index contributed by atoms with van der Waals surface area (Å²) >= 11 is 7.58. The van der Waals surface area contributed by atoms with Crippen molar-refractivity contribution in [1.82, 2.24) is 10.0 Å². The number of thioether (sulfide) groups is 1. The maximum absolute atomic E-state index is 12.4. The summed E-state index contributed by atoms with van der Waals surface area (Å²) in [7, 11) is -1.97. The fraction of sp³-hybridized carbons (Fsp3) is 0.571. The zero-order chi connectivity index (χ0) is 16.2. The van der Waals surface area contributed by atoms with Crippen molar-refractivity contribution in [3.8, 4) is 0 Å². The van der Waals surface area contributed by atoms with Gasteiger partial charge in [-0.05, 0) is 43.8 Å². The number of benzene rings is 1. The third-order valence-electron chi connectivity index (χ3n) is 3.79.